The highest BCUT2D eigenvalue weighted by Crippen LogP contribution is 2.10. The number of nitrogens with zero attached hydrogens (tertiary/aromatic N) is 1. The van der Waals surface area contributed by atoms with E-state index in [-0.39, 0.29) is 12.4 Å². The lowest BCUT2D eigenvalue weighted by atomic mass is 10.1. The molecule has 0 radical (unpaired) electrons. The van der Waals surface area contributed by atoms with E-state index in [1.165, 1.54) is 17.4 Å². The van der Waals surface area contributed by atoms with Crippen molar-refractivity contribution in [3.05, 3.63) is 35.4 Å². The highest BCUT2D eigenvalue weighted by Gasteiger charge is 2.03. The van der Waals surface area contributed by atoms with E-state index in [1.54, 1.807) is 0 Å². The summed E-state index contributed by atoms with van der Waals surface area (Å²) in [6.07, 6.45) is 2.20. The molecule has 6 nitrogen and oxygen atoms in total. The van der Waals surface area contributed by atoms with E-state index < -0.39 is 9.84 Å². The van der Waals surface area contributed by atoms with Crippen LogP contribution >= 0.6 is 0 Å². The van der Waals surface area contributed by atoms with Crippen LogP contribution in [0.25, 0.3) is 0 Å². The number of aryl methyl sites for hydroxylation is 1. The Morgan fingerprint density at radius 2 is 1.83 bits per heavy atom. The summed E-state index contributed by atoms with van der Waals surface area (Å²) in [5, 5.41) is 6.38. The number of nitrogens with one attached hydrogen (secondary N) is 2. The normalized spacial score (nSPS) is 12.2. The number of aliphatic imine (C=N–C) groups is 1. The van der Waals surface area contributed by atoms with Gasteiger partial charge in [-0.05, 0) is 24.5 Å². The number of ether oxygens (including phenoxy) is 1. The molecule has 1 rings (SSSR count). The van der Waals surface area contributed by atoms with E-state index in [0.717, 1.165) is 18.9 Å². The van der Waals surface area contributed by atoms with Crippen LogP contribution in [0.1, 0.15) is 25.0 Å². The van der Waals surface area contributed by atoms with Gasteiger partial charge in [0.05, 0.1) is 25.5 Å². The Labute approximate surface area is 145 Å². The Morgan fingerprint density at radius 1 is 1.12 bits per heavy atom. The van der Waals surface area contributed by atoms with Crippen molar-refractivity contribution in [2.75, 3.05) is 38.3 Å². The van der Waals surface area contributed by atoms with Crippen molar-refractivity contribution in [3.63, 3.8) is 0 Å². The predicted octanol–water partition coefficient (Wildman–Crippen LogP) is 1.37. The van der Waals surface area contributed by atoms with Crippen LogP contribution in [0.4, 0.5) is 0 Å². The third kappa shape index (κ3) is 8.88. The zero-order chi connectivity index (χ0) is 17.8. The van der Waals surface area contributed by atoms with E-state index in [1.807, 2.05) is 19.1 Å². The molecular formula is C17H29N3O3S. The summed E-state index contributed by atoms with van der Waals surface area (Å²) in [5.41, 5.74) is 2.53. The second-order valence-electron chi connectivity index (χ2n) is 5.49. The van der Waals surface area contributed by atoms with Crippen molar-refractivity contribution in [2.24, 2.45) is 4.99 Å². The number of hydrogen-bond acceptors (Lipinski definition) is 4. The van der Waals surface area contributed by atoms with Gasteiger partial charge < -0.3 is 15.4 Å². The fourth-order valence-electron chi connectivity index (χ4n) is 2.12. The number of rotatable bonds is 10. The van der Waals surface area contributed by atoms with Gasteiger partial charge in [-0.3, -0.25) is 0 Å². The maximum absolute atomic E-state index is 11.0. The molecule has 136 valence electrons. The highest BCUT2D eigenvalue weighted by molar-refractivity contribution is 7.90. The minimum Gasteiger partial charge on any atom is -0.379 e. The number of sulfone groups is 1. The summed E-state index contributed by atoms with van der Waals surface area (Å²) in [4.78, 5) is 4.59. The molecule has 0 spiro atoms. The minimum atomic E-state index is -2.96. The SMILES string of the molecule is CCNC(=NCc1ccccc1CC)NCCOCCS(C)(=O)=O. The third-order valence-electron chi connectivity index (χ3n) is 3.39. The van der Waals surface area contributed by atoms with Crippen LogP contribution in [-0.4, -0.2) is 52.7 Å². The van der Waals surface area contributed by atoms with Crippen LogP contribution in [-0.2, 0) is 27.5 Å². The topological polar surface area (TPSA) is 79.8 Å². The third-order valence-corrected chi connectivity index (χ3v) is 4.30. The minimum absolute atomic E-state index is 0.0506. The molecule has 7 heteroatoms. The summed E-state index contributed by atoms with van der Waals surface area (Å²) >= 11 is 0. The van der Waals surface area contributed by atoms with Crippen molar-refractivity contribution >= 4 is 15.8 Å². The van der Waals surface area contributed by atoms with Gasteiger partial charge in [-0.1, -0.05) is 31.2 Å². The number of guanidine groups is 1. The van der Waals surface area contributed by atoms with Crippen LogP contribution in [0, 0.1) is 0 Å². The Morgan fingerprint density at radius 3 is 2.46 bits per heavy atom. The lowest BCUT2D eigenvalue weighted by Gasteiger charge is -2.12. The second kappa shape index (κ2) is 11.0. The molecule has 24 heavy (non-hydrogen) atoms. The first kappa shape index (κ1) is 20.4. The van der Waals surface area contributed by atoms with Crippen LogP contribution in [0.5, 0.6) is 0 Å². The summed E-state index contributed by atoms with van der Waals surface area (Å²) < 4.78 is 27.3. The van der Waals surface area contributed by atoms with E-state index >= 15 is 0 Å². The lowest BCUT2D eigenvalue weighted by molar-refractivity contribution is 0.154. The summed E-state index contributed by atoms with van der Waals surface area (Å²) in [7, 11) is -2.96. The highest BCUT2D eigenvalue weighted by atomic mass is 32.2. The molecule has 1 aromatic rings. The van der Waals surface area contributed by atoms with Crippen molar-refractivity contribution in [1.29, 1.82) is 0 Å². The van der Waals surface area contributed by atoms with Crippen molar-refractivity contribution in [2.45, 2.75) is 26.8 Å². The maximum atomic E-state index is 11.0. The molecule has 0 atom stereocenters. The average molecular weight is 356 g/mol. The summed E-state index contributed by atoms with van der Waals surface area (Å²) in [5.74, 6) is 0.782. The molecule has 0 saturated heterocycles. The van der Waals surface area contributed by atoms with Crippen LogP contribution in [0.3, 0.4) is 0 Å². The summed E-state index contributed by atoms with van der Waals surface area (Å²) in [6, 6.07) is 8.30. The first-order valence-corrected chi connectivity index (χ1v) is 10.4. The number of benzene rings is 1. The van der Waals surface area contributed by atoms with Gasteiger partial charge in [0.15, 0.2) is 5.96 Å². The fraction of sp³-hybridized carbons (Fsp3) is 0.588. The van der Waals surface area contributed by atoms with Gasteiger partial charge in [0.1, 0.15) is 9.84 Å². The largest absolute Gasteiger partial charge is 0.379 e. The molecule has 0 aromatic heterocycles. The van der Waals surface area contributed by atoms with Gasteiger partial charge in [0.25, 0.3) is 0 Å². The summed E-state index contributed by atoms with van der Waals surface area (Å²) in [6.45, 7) is 6.78. The van der Waals surface area contributed by atoms with Crippen LogP contribution in [0.2, 0.25) is 0 Å². The molecule has 0 saturated carbocycles. The van der Waals surface area contributed by atoms with Crippen LogP contribution < -0.4 is 10.6 Å². The molecule has 0 aliphatic carbocycles. The predicted molar refractivity (Wildman–Crippen MR) is 99.2 cm³/mol. The van der Waals surface area contributed by atoms with Gasteiger partial charge in [-0.2, -0.15) is 0 Å². The monoisotopic (exact) mass is 355 g/mol. The smallest absolute Gasteiger partial charge is 0.191 e. The fourth-order valence-corrected chi connectivity index (χ4v) is 2.54. The molecule has 0 heterocycles. The van der Waals surface area contributed by atoms with E-state index in [4.69, 9.17) is 4.74 Å². The van der Waals surface area contributed by atoms with E-state index in [0.29, 0.717) is 19.7 Å². The zero-order valence-corrected chi connectivity index (χ0v) is 15.7. The Balaban J connectivity index is 2.42. The van der Waals surface area contributed by atoms with Crippen molar-refractivity contribution in [1.82, 2.24) is 10.6 Å². The van der Waals surface area contributed by atoms with Gasteiger partial charge in [-0.15, -0.1) is 0 Å². The van der Waals surface area contributed by atoms with Crippen molar-refractivity contribution in [3.8, 4) is 0 Å². The molecule has 0 aliphatic heterocycles. The maximum Gasteiger partial charge on any atom is 0.191 e. The average Bonchev–Trinajstić information content (AvgIpc) is 2.54. The number of hydrogen-bond donors (Lipinski definition) is 2. The molecule has 2 N–H and O–H groups in total. The molecule has 0 aliphatic rings. The lowest BCUT2D eigenvalue weighted by Crippen LogP contribution is -2.39. The van der Waals surface area contributed by atoms with Crippen molar-refractivity contribution < 1.29 is 13.2 Å². The van der Waals surface area contributed by atoms with Gasteiger partial charge >= 0.3 is 0 Å². The van der Waals surface area contributed by atoms with Gasteiger partial charge in [0, 0.05) is 19.3 Å². The van der Waals surface area contributed by atoms with Crippen LogP contribution in [0.15, 0.2) is 29.3 Å². The standard InChI is InChI=1S/C17H29N3O3S/c1-4-15-8-6-7-9-16(15)14-20-17(18-5-2)19-10-11-23-12-13-24(3,21)22/h6-9H,4-5,10-14H2,1-3H3,(H2,18,19,20). The Hall–Kier alpha value is -1.60. The molecule has 1 aromatic carbocycles. The quantitative estimate of drug-likeness (QED) is 0.376. The first-order chi connectivity index (χ1) is 11.5. The Kier molecular flexibility index (Phi) is 9.41. The Bertz CT molecular complexity index is 615. The molecular weight excluding hydrogens is 326 g/mol. The zero-order valence-electron chi connectivity index (χ0n) is 14.8. The molecule has 0 bridgehead atoms. The van der Waals surface area contributed by atoms with E-state index in [9.17, 15) is 8.42 Å². The molecule has 0 unspecified atom stereocenters. The van der Waals surface area contributed by atoms with Gasteiger partial charge in [-0.25, -0.2) is 13.4 Å². The van der Waals surface area contributed by atoms with E-state index in [2.05, 4.69) is 34.7 Å². The molecule has 0 fully saturated rings. The second-order valence-corrected chi connectivity index (χ2v) is 7.75. The molecule has 0 amide bonds. The van der Waals surface area contributed by atoms with Gasteiger partial charge in [0.2, 0.25) is 0 Å². The first-order valence-electron chi connectivity index (χ1n) is 8.30.